The molecule has 0 radical (unpaired) electrons. The van der Waals surface area contributed by atoms with Crippen molar-refractivity contribution >= 4 is 38.7 Å². The Morgan fingerprint density at radius 2 is 1.88 bits per heavy atom. The molecule has 0 unspecified atom stereocenters. The molecular formula is C21H27ClN6O5S. The number of fused-ring (bicyclic) bond motifs is 1. The zero-order valence-electron chi connectivity index (χ0n) is 18.9. The summed E-state index contributed by atoms with van der Waals surface area (Å²) in [5.74, 6) is 0.333. The predicted molar refractivity (Wildman–Crippen MR) is 129 cm³/mol. The molecular weight excluding hydrogens is 484 g/mol. The number of nitrogens with zero attached hydrogens (tertiary/aromatic N) is 4. The minimum atomic E-state index is -3.99. The molecule has 0 amide bonds. The van der Waals surface area contributed by atoms with E-state index >= 15 is 0 Å². The molecule has 2 atom stereocenters. The van der Waals surface area contributed by atoms with Crippen LogP contribution in [0.3, 0.4) is 0 Å². The fourth-order valence-electron chi connectivity index (χ4n) is 4.45. The van der Waals surface area contributed by atoms with Crippen LogP contribution < -0.4 is 21.7 Å². The van der Waals surface area contributed by atoms with Crippen molar-refractivity contribution in [2.75, 3.05) is 5.32 Å². The molecule has 0 saturated heterocycles. The van der Waals surface area contributed by atoms with Gasteiger partial charge in [-0.05, 0) is 50.8 Å². The van der Waals surface area contributed by atoms with E-state index in [0.717, 1.165) is 17.4 Å². The summed E-state index contributed by atoms with van der Waals surface area (Å²) in [6, 6.07) is 4.08. The van der Waals surface area contributed by atoms with Gasteiger partial charge in [0.15, 0.2) is 11.2 Å². The Morgan fingerprint density at radius 1 is 1.18 bits per heavy atom. The number of primary sulfonamides is 1. The summed E-state index contributed by atoms with van der Waals surface area (Å²) in [4.78, 5) is 30.6. The van der Waals surface area contributed by atoms with Gasteiger partial charge >= 0.3 is 5.69 Å². The summed E-state index contributed by atoms with van der Waals surface area (Å²) >= 11 is 6.17. The minimum absolute atomic E-state index is 0.0402. The molecule has 184 valence electrons. The Labute approximate surface area is 200 Å². The number of anilines is 1. The van der Waals surface area contributed by atoms with Gasteiger partial charge < -0.3 is 10.4 Å². The van der Waals surface area contributed by atoms with Crippen LogP contribution in [0.4, 0.5) is 5.95 Å². The quantitative estimate of drug-likeness (QED) is 0.429. The van der Waals surface area contributed by atoms with Crippen LogP contribution in [0.1, 0.15) is 38.7 Å². The number of aromatic nitrogens is 4. The summed E-state index contributed by atoms with van der Waals surface area (Å²) < 4.78 is 27.7. The lowest BCUT2D eigenvalue weighted by atomic mass is 10.2. The molecule has 0 aliphatic heterocycles. The van der Waals surface area contributed by atoms with E-state index in [1.165, 1.54) is 16.7 Å². The summed E-state index contributed by atoms with van der Waals surface area (Å²) in [6.07, 6.45) is 1.69. The third-order valence-electron chi connectivity index (χ3n) is 6.18. The second-order valence-electron chi connectivity index (χ2n) is 8.33. The molecule has 1 aliphatic carbocycles. The Morgan fingerprint density at radius 3 is 2.44 bits per heavy atom. The van der Waals surface area contributed by atoms with Gasteiger partial charge in [0.1, 0.15) is 4.90 Å². The number of rotatable bonds is 7. The number of halogens is 1. The average molecular weight is 511 g/mol. The smallest absolute Gasteiger partial charge is 0.332 e. The molecule has 2 aromatic heterocycles. The predicted octanol–water partition coefficient (Wildman–Crippen LogP) is 1.07. The van der Waals surface area contributed by atoms with E-state index in [9.17, 15) is 23.1 Å². The maximum absolute atomic E-state index is 13.3. The van der Waals surface area contributed by atoms with Gasteiger partial charge in [-0.3, -0.25) is 18.5 Å². The molecule has 1 fully saturated rings. The highest BCUT2D eigenvalue weighted by Crippen LogP contribution is 2.27. The van der Waals surface area contributed by atoms with E-state index < -0.39 is 27.4 Å². The standard InChI is InChI=1S/C21H27ClN6O5S/c1-3-26-18-17(19(30)27(4-2)21(26)31)28(20(25-18)24-14-6-5-7-15(14)29)11-12-8-9-16(13(22)10-12)34(23,32)33/h8-10,14-15,29H,3-7,11H2,1-2H3,(H,24,25)(H2,23,32,33)/t14-,15-/m1/s1. The van der Waals surface area contributed by atoms with Crippen LogP contribution in [0.15, 0.2) is 32.7 Å². The number of aliphatic hydroxyl groups is 1. The molecule has 1 aliphatic rings. The third-order valence-corrected chi connectivity index (χ3v) is 7.58. The number of aryl methyl sites for hydroxylation is 1. The van der Waals surface area contributed by atoms with Crippen LogP contribution in [-0.4, -0.2) is 44.4 Å². The Kier molecular flexibility index (Phi) is 6.60. The van der Waals surface area contributed by atoms with E-state index in [1.807, 2.05) is 0 Å². The van der Waals surface area contributed by atoms with Crippen molar-refractivity contribution in [1.82, 2.24) is 18.7 Å². The first-order valence-corrected chi connectivity index (χ1v) is 13.0. The molecule has 1 aromatic carbocycles. The molecule has 4 N–H and O–H groups in total. The van der Waals surface area contributed by atoms with Crippen molar-refractivity contribution < 1.29 is 13.5 Å². The zero-order valence-corrected chi connectivity index (χ0v) is 20.4. The van der Waals surface area contributed by atoms with E-state index in [4.69, 9.17) is 16.7 Å². The van der Waals surface area contributed by atoms with Crippen molar-refractivity contribution in [2.24, 2.45) is 5.14 Å². The van der Waals surface area contributed by atoms with Gasteiger partial charge in [-0.1, -0.05) is 17.7 Å². The van der Waals surface area contributed by atoms with Gasteiger partial charge in [-0.15, -0.1) is 0 Å². The number of sulfonamides is 1. The highest BCUT2D eigenvalue weighted by atomic mass is 35.5. The van der Waals surface area contributed by atoms with Crippen LogP contribution in [0, 0.1) is 0 Å². The highest BCUT2D eigenvalue weighted by molar-refractivity contribution is 7.89. The highest BCUT2D eigenvalue weighted by Gasteiger charge is 2.28. The van der Waals surface area contributed by atoms with Crippen molar-refractivity contribution in [3.05, 3.63) is 49.6 Å². The van der Waals surface area contributed by atoms with E-state index in [-0.39, 0.29) is 40.2 Å². The molecule has 2 heterocycles. The molecule has 13 heteroatoms. The number of imidazole rings is 1. The number of nitrogens with two attached hydrogens (primary N) is 1. The van der Waals surface area contributed by atoms with Gasteiger partial charge in [0.2, 0.25) is 16.0 Å². The van der Waals surface area contributed by atoms with Crippen LogP contribution >= 0.6 is 11.6 Å². The van der Waals surface area contributed by atoms with Crippen molar-refractivity contribution in [1.29, 1.82) is 0 Å². The number of nitrogens with one attached hydrogen (secondary N) is 1. The first-order valence-electron chi connectivity index (χ1n) is 11.1. The lowest BCUT2D eigenvalue weighted by molar-refractivity contribution is 0.171. The van der Waals surface area contributed by atoms with Crippen LogP contribution in [0.5, 0.6) is 0 Å². The molecule has 3 aromatic rings. The molecule has 34 heavy (non-hydrogen) atoms. The lowest BCUT2D eigenvalue weighted by Gasteiger charge is -2.18. The maximum atomic E-state index is 13.3. The first-order chi connectivity index (χ1) is 16.1. The van der Waals surface area contributed by atoms with Crippen LogP contribution in [-0.2, 0) is 29.7 Å². The topological polar surface area (TPSA) is 154 Å². The minimum Gasteiger partial charge on any atom is -0.391 e. The van der Waals surface area contributed by atoms with Gasteiger partial charge in [-0.25, -0.2) is 18.4 Å². The largest absolute Gasteiger partial charge is 0.391 e. The Balaban J connectivity index is 1.92. The van der Waals surface area contributed by atoms with Gasteiger partial charge in [-0.2, -0.15) is 4.98 Å². The molecule has 0 spiro atoms. The van der Waals surface area contributed by atoms with Crippen LogP contribution in [0.25, 0.3) is 11.2 Å². The number of hydrogen-bond donors (Lipinski definition) is 3. The van der Waals surface area contributed by atoms with Gasteiger partial charge in [0.25, 0.3) is 5.56 Å². The fraction of sp³-hybridized carbons (Fsp3) is 0.476. The van der Waals surface area contributed by atoms with Crippen molar-refractivity contribution in [3.63, 3.8) is 0 Å². The zero-order chi connectivity index (χ0) is 24.8. The number of benzene rings is 1. The van der Waals surface area contributed by atoms with Gasteiger partial charge in [0, 0.05) is 13.1 Å². The monoisotopic (exact) mass is 510 g/mol. The molecule has 4 rings (SSSR count). The number of aliphatic hydroxyl groups excluding tert-OH is 1. The van der Waals surface area contributed by atoms with Crippen LogP contribution in [0.2, 0.25) is 5.02 Å². The summed E-state index contributed by atoms with van der Waals surface area (Å²) in [7, 11) is -3.99. The summed E-state index contributed by atoms with van der Waals surface area (Å²) in [5, 5.41) is 18.7. The average Bonchev–Trinajstić information content (AvgIpc) is 3.32. The second kappa shape index (κ2) is 9.17. The SMILES string of the molecule is CCn1c(=O)c2c(nc(N[C@@H]3CCC[C@H]3O)n2Cc2ccc(S(N)(=O)=O)c(Cl)c2)n(CC)c1=O. The first kappa shape index (κ1) is 24.5. The molecule has 1 saturated carbocycles. The molecule has 0 bridgehead atoms. The second-order valence-corrected chi connectivity index (χ2v) is 10.3. The van der Waals surface area contributed by atoms with E-state index in [2.05, 4.69) is 10.3 Å². The maximum Gasteiger partial charge on any atom is 0.332 e. The van der Waals surface area contributed by atoms with Crippen molar-refractivity contribution in [2.45, 2.75) is 69.8 Å². The van der Waals surface area contributed by atoms with Gasteiger partial charge in [0.05, 0.1) is 23.7 Å². The Hall–Kier alpha value is -2.67. The van der Waals surface area contributed by atoms with E-state index in [0.29, 0.717) is 24.5 Å². The van der Waals surface area contributed by atoms with E-state index in [1.54, 1.807) is 24.5 Å². The molecule has 11 nitrogen and oxygen atoms in total. The lowest BCUT2D eigenvalue weighted by Crippen LogP contribution is -2.40. The number of hydrogen-bond acceptors (Lipinski definition) is 7. The normalized spacial score (nSPS) is 18.6. The summed E-state index contributed by atoms with van der Waals surface area (Å²) in [5.41, 5.74) is 0.143. The third kappa shape index (κ3) is 4.26. The Bertz CT molecular complexity index is 1480. The fourth-order valence-corrected chi connectivity index (χ4v) is 5.56. The summed E-state index contributed by atoms with van der Waals surface area (Å²) in [6.45, 7) is 4.14. The van der Waals surface area contributed by atoms with Crippen molar-refractivity contribution in [3.8, 4) is 0 Å².